The molecule has 0 radical (unpaired) electrons. The fourth-order valence-corrected chi connectivity index (χ4v) is 1.05. The Labute approximate surface area is 82.0 Å². The Kier molecular flexibility index (Phi) is 3.41. The molecule has 1 rings (SSSR count). The molecule has 0 spiro atoms. The van der Waals surface area contributed by atoms with E-state index in [9.17, 15) is 4.39 Å². The van der Waals surface area contributed by atoms with Crippen LogP contribution in [0, 0.1) is 12.7 Å². The molecule has 4 N–H and O–H groups in total. The molecule has 14 heavy (non-hydrogen) atoms. The highest BCUT2D eigenvalue weighted by Crippen LogP contribution is 2.15. The Bertz CT molecular complexity index is 349. The maximum Gasteiger partial charge on any atom is 0.209 e. The number of nitrogens with one attached hydrogen (secondary N) is 2. The van der Waals surface area contributed by atoms with Crippen molar-refractivity contribution < 1.29 is 4.39 Å². The molecule has 1 aromatic rings. The molecular formula is C9H13FN4. The van der Waals surface area contributed by atoms with Gasteiger partial charge in [0.2, 0.25) is 5.96 Å². The number of nitrogens with two attached hydrogens (primary N) is 1. The maximum absolute atomic E-state index is 12.8. The van der Waals surface area contributed by atoms with Crippen LogP contribution in [0.3, 0.4) is 0 Å². The van der Waals surface area contributed by atoms with Crippen LogP contribution < -0.4 is 16.6 Å². The number of halogens is 1. The first-order chi connectivity index (χ1) is 6.67. The zero-order valence-electron chi connectivity index (χ0n) is 8.13. The van der Waals surface area contributed by atoms with Crippen LogP contribution in [0.1, 0.15) is 5.56 Å². The molecule has 0 aliphatic carbocycles. The number of rotatable bonds is 1. The third-order valence-corrected chi connectivity index (χ3v) is 1.80. The fraction of sp³-hybridized carbons (Fsp3) is 0.222. The third kappa shape index (κ3) is 2.43. The molecule has 0 heterocycles. The number of hydrazine groups is 1. The molecule has 0 aliphatic rings. The molecule has 0 saturated carbocycles. The van der Waals surface area contributed by atoms with Gasteiger partial charge in [-0.25, -0.2) is 10.2 Å². The van der Waals surface area contributed by atoms with Crippen molar-refractivity contribution >= 4 is 11.6 Å². The fourth-order valence-electron chi connectivity index (χ4n) is 1.05. The predicted octanol–water partition coefficient (Wildman–Crippen LogP) is 0.995. The minimum atomic E-state index is -0.260. The van der Waals surface area contributed by atoms with Crippen molar-refractivity contribution in [2.75, 3.05) is 12.4 Å². The van der Waals surface area contributed by atoms with Crippen LogP contribution in [0.5, 0.6) is 0 Å². The van der Waals surface area contributed by atoms with Gasteiger partial charge in [0.25, 0.3) is 0 Å². The summed E-state index contributed by atoms with van der Waals surface area (Å²) in [6.45, 7) is 1.80. The van der Waals surface area contributed by atoms with E-state index in [4.69, 9.17) is 5.84 Å². The third-order valence-electron chi connectivity index (χ3n) is 1.80. The first kappa shape index (κ1) is 10.5. The van der Waals surface area contributed by atoms with Crippen LogP contribution in [0.25, 0.3) is 0 Å². The topological polar surface area (TPSA) is 62.4 Å². The summed E-state index contributed by atoms with van der Waals surface area (Å²) in [6.07, 6.45) is 0. The molecule has 0 fully saturated rings. The molecule has 76 valence electrons. The van der Waals surface area contributed by atoms with E-state index in [1.165, 1.54) is 12.1 Å². The highest BCUT2D eigenvalue weighted by atomic mass is 19.1. The highest BCUT2D eigenvalue weighted by Gasteiger charge is 2.01. The molecule has 0 saturated heterocycles. The maximum atomic E-state index is 12.8. The van der Waals surface area contributed by atoms with Crippen LogP contribution in [0.15, 0.2) is 23.2 Å². The molecule has 0 aromatic heterocycles. The minimum Gasteiger partial charge on any atom is -0.325 e. The summed E-state index contributed by atoms with van der Waals surface area (Å²) in [5.41, 5.74) is 3.95. The molecule has 0 bridgehead atoms. The number of guanidine groups is 1. The van der Waals surface area contributed by atoms with Crippen LogP contribution in [0.2, 0.25) is 0 Å². The Balaban J connectivity index is 2.87. The number of benzene rings is 1. The Morgan fingerprint density at radius 2 is 2.21 bits per heavy atom. The molecule has 4 nitrogen and oxygen atoms in total. The summed E-state index contributed by atoms with van der Waals surface area (Å²) in [7, 11) is 1.60. The molecular weight excluding hydrogens is 183 g/mol. The van der Waals surface area contributed by atoms with Crippen LogP contribution in [-0.4, -0.2) is 13.0 Å². The second kappa shape index (κ2) is 4.57. The molecule has 1 aromatic carbocycles. The van der Waals surface area contributed by atoms with Crippen molar-refractivity contribution in [1.29, 1.82) is 0 Å². The average Bonchev–Trinajstić information content (AvgIpc) is 2.17. The van der Waals surface area contributed by atoms with E-state index in [0.717, 1.165) is 11.3 Å². The normalized spacial score (nSPS) is 11.3. The monoisotopic (exact) mass is 196 g/mol. The Morgan fingerprint density at radius 1 is 1.50 bits per heavy atom. The summed E-state index contributed by atoms with van der Waals surface area (Å²) >= 11 is 0. The lowest BCUT2D eigenvalue weighted by atomic mass is 10.2. The average molecular weight is 196 g/mol. The summed E-state index contributed by atoms with van der Waals surface area (Å²) in [5, 5.41) is 2.92. The van der Waals surface area contributed by atoms with Gasteiger partial charge in [-0.15, -0.1) is 0 Å². The van der Waals surface area contributed by atoms with Gasteiger partial charge in [-0.05, 0) is 30.7 Å². The van der Waals surface area contributed by atoms with Gasteiger partial charge in [0, 0.05) is 12.7 Å². The van der Waals surface area contributed by atoms with E-state index < -0.39 is 0 Å². The largest absolute Gasteiger partial charge is 0.325 e. The van der Waals surface area contributed by atoms with Crippen molar-refractivity contribution in [1.82, 2.24) is 5.43 Å². The van der Waals surface area contributed by atoms with Crippen molar-refractivity contribution in [3.05, 3.63) is 29.6 Å². The first-order valence-electron chi connectivity index (χ1n) is 4.14. The zero-order valence-corrected chi connectivity index (χ0v) is 8.13. The van der Waals surface area contributed by atoms with Crippen LogP contribution in [0.4, 0.5) is 10.1 Å². The van der Waals surface area contributed by atoms with Gasteiger partial charge in [-0.3, -0.25) is 10.4 Å². The van der Waals surface area contributed by atoms with Gasteiger partial charge in [0.1, 0.15) is 5.82 Å². The van der Waals surface area contributed by atoms with Crippen molar-refractivity contribution in [3.63, 3.8) is 0 Å². The summed E-state index contributed by atoms with van der Waals surface area (Å²) in [4.78, 5) is 3.84. The van der Waals surface area contributed by atoms with E-state index in [1.54, 1.807) is 20.0 Å². The van der Waals surface area contributed by atoms with E-state index in [2.05, 4.69) is 15.7 Å². The predicted molar refractivity (Wildman–Crippen MR) is 55.4 cm³/mol. The van der Waals surface area contributed by atoms with Gasteiger partial charge in [0.15, 0.2) is 0 Å². The summed E-state index contributed by atoms with van der Waals surface area (Å²) < 4.78 is 12.8. The van der Waals surface area contributed by atoms with Crippen molar-refractivity contribution in [2.24, 2.45) is 10.8 Å². The zero-order chi connectivity index (χ0) is 10.6. The first-order valence-corrected chi connectivity index (χ1v) is 4.14. The Morgan fingerprint density at radius 3 is 2.71 bits per heavy atom. The molecule has 0 atom stereocenters. The number of hydrogen-bond donors (Lipinski definition) is 3. The number of hydrogen-bond acceptors (Lipinski definition) is 2. The van der Waals surface area contributed by atoms with E-state index in [1.807, 2.05) is 0 Å². The molecule has 0 amide bonds. The van der Waals surface area contributed by atoms with Gasteiger partial charge < -0.3 is 5.32 Å². The SMILES string of the molecule is CN=C(NN)Nc1ccc(F)cc1C. The van der Waals surface area contributed by atoms with Crippen molar-refractivity contribution in [3.8, 4) is 0 Å². The molecule has 0 unspecified atom stereocenters. The number of aliphatic imine (C=N–C) groups is 1. The second-order valence-electron chi connectivity index (χ2n) is 2.80. The Hall–Kier alpha value is -1.62. The van der Waals surface area contributed by atoms with Gasteiger partial charge in [-0.2, -0.15) is 0 Å². The van der Waals surface area contributed by atoms with Gasteiger partial charge in [-0.1, -0.05) is 0 Å². The standard InChI is InChI=1S/C9H13FN4/c1-6-5-7(10)3-4-8(6)13-9(12-2)14-11/h3-5H,11H2,1-2H3,(H2,12,13,14). The van der Waals surface area contributed by atoms with Crippen molar-refractivity contribution in [2.45, 2.75) is 6.92 Å². The summed E-state index contributed by atoms with van der Waals surface area (Å²) in [5.74, 6) is 5.36. The van der Waals surface area contributed by atoms with Crippen LogP contribution >= 0.6 is 0 Å². The van der Waals surface area contributed by atoms with Gasteiger partial charge in [0.05, 0.1) is 0 Å². The second-order valence-corrected chi connectivity index (χ2v) is 2.80. The number of aryl methyl sites for hydroxylation is 1. The number of nitrogens with zero attached hydrogens (tertiary/aromatic N) is 1. The molecule has 5 heteroatoms. The lowest BCUT2D eigenvalue weighted by Crippen LogP contribution is -2.36. The van der Waals surface area contributed by atoms with Gasteiger partial charge >= 0.3 is 0 Å². The molecule has 0 aliphatic heterocycles. The van der Waals surface area contributed by atoms with E-state index in [-0.39, 0.29) is 5.82 Å². The minimum absolute atomic E-state index is 0.260. The summed E-state index contributed by atoms with van der Waals surface area (Å²) in [6, 6.07) is 4.44. The lowest BCUT2D eigenvalue weighted by molar-refractivity contribution is 0.627. The van der Waals surface area contributed by atoms with E-state index >= 15 is 0 Å². The van der Waals surface area contributed by atoms with Crippen LogP contribution in [-0.2, 0) is 0 Å². The lowest BCUT2D eigenvalue weighted by Gasteiger charge is -2.10. The number of anilines is 1. The smallest absolute Gasteiger partial charge is 0.209 e. The quantitative estimate of drug-likeness (QED) is 0.272. The highest BCUT2D eigenvalue weighted by molar-refractivity contribution is 5.93. The van der Waals surface area contributed by atoms with E-state index in [0.29, 0.717) is 5.96 Å².